The first kappa shape index (κ1) is 9.39. The van der Waals surface area contributed by atoms with Crippen LogP contribution in [-0.4, -0.2) is 15.3 Å². The molecule has 12 heavy (non-hydrogen) atoms. The van der Waals surface area contributed by atoms with Gasteiger partial charge in [-0.3, -0.25) is 0 Å². The number of hydrogen-bond acceptors (Lipinski definition) is 2. The van der Waals surface area contributed by atoms with Gasteiger partial charge in [0.15, 0.2) is 0 Å². The minimum absolute atomic E-state index is 0.910. The lowest BCUT2D eigenvalue weighted by molar-refractivity contribution is 1.11. The zero-order chi connectivity index (χ0) is 8.81. The third-order valence-electron chi connectivity index (χ3n) is 1.58. The molecule has 0 saturated heterocycles. The monoisotopic (exact) mass is 226 g/mol. The zero-order valence-corrected chi connectivity index (χ0v) is 8.58. The molecule has 1 aromatic heterocycles. The average molecular weight is 227 g/mol. The van der Waals surface area contributed by atoms with Gasteiger partial charge in [-0.25, -0.2) is 9.97 Å². The van der Waals surface area contributed by atoms with E-state index in [0.717, 1.165) is 17.4 Å². The summed E-state index contributed by atoms with van der Waals surface area (Å²) in [5.41, 5.74) is 2.31. The molecule has 0 aliphatic carbocycles. The molecule has 0 aliphatic heterocycles. The van der Waals surface area contributed by atoms with Gasteiger partial charge in [0.25, 0.3) is 0 Å². The Bertz CT molecular complexity index is 250. The molecule has 64 valence electrons. The van der Waals surface area contributed by atoms with E-state index in [0.29, 0.717) is 0 Å². The van der Waals surface area contributed by atoms with Crippen LogP contribution in [0.4, 0.5) is 0 Å². The van der Waals surface area contributed by atoms with E-state index in [1.165, 1.54) is 5.57 Å². The molecule has 1 rings (SSSR count). The van der Waals surface area contributed by atoms with Gasteiger partial charge in [-0.2, -0.15) is 0 Å². The van der Waals surface area contributed by atoms with Crippen LogP contribution in [0.25, 0.3) is 6.08 Å². The SMILES string of the molecule is CCC(=Cc1ccncn1)CBr. The first-order valence-corrected chi connectivity index (χ1v) is 5.00. The highest BCUT2D eigenvalue weighted by Gasteiger charge is 1.92. The Morgan fingerprint density at radius 1 is 1.67 bits per heavy atom. The van der Waals surface area contributed by atoms with Crippen LogP contribution in [0.3, 0.4) is 0 Å². The minimum atomic E-state index is 0.910. The maximum absolute atomic E-state index is 4.11. The van der Waals surface area contributed by atoms with Crippen LogP contribution < -0.4 is 0 Å². The van der Waals surface area contributed by atoms with Gasteiger partial charge in [0, 0.05) is 11.5 Å². The number of halogens is 1. The largest absolute Gasteiger partial charge is 0.245 e. The van der Waals surface area contributed by atoms with E-state index in [-0.39, 0.29) is 0 Å². The predicted molar refractivity (Wildman–Crippen MR) is 54.1 cm³/mol. The summed E-state index contributed by atoms with van der Waals surface area (Å²) in [6.07, 6.45) is 6.44. The molecular weight excluding hydrogens is 216 g/mol. The summed E-state index contributed by atoms with van der Waals surface area (Å²) >= 11 is 3.42. The molecule has 1 heterocycles. The molecule has 0 bridgehead atoms. The second-order valence-corrected chi connectivity index (χ2v) is 2.98. The van der Waals surface area contributed by atoms with Crippen LogP contribution in [0, 0.1) is 0 Å². The van der Waals surface area contributed by atoms with Gasteiger partial charge in [-0.1, -0.05) is 28.4 Å². The van der Waals surface area contributed by atoms with Crippen LogP contribution in [0.5, 0.6) is 0 Å². The lowest BCUT2D eigenvalue weighted by atomic mass is 10.2. The summed E-state index contributed by atoms with van der Waals surface area (Å²) in [5.74, 6) is 0. The summed E-state index contributed by atoms with van der Waals surface area (Å²) in [4.78, 5) is 7.96. The molecule has 0 spiro atoms. The number of rotatable bonds is 3. The standard InChI is InChI=1S/C9H11BrN2/c1-2-8(6-10)5-9-3-4-11-7-12-9/h3-5,7H,2,6H2,1H3. The molecule has 1 aromatic rings. The second-order valence-electron chi connectivity index (χ2n) is 2.42. The zero-order valence-electron chi connectivity index (χ0n) is 7.00. The Morgan fingerprint density at radius 2 is 2.50 bits per heavy atom. The minimum Gasteiger partial charge on any atom is -0.245 e. The molecule has 0 radical (unpaired) electrons. The van der Waals surface area contributed by atoms with Gasteiger partial charge >= 0.3 is 0 Å². The van der Waals surface area contributed by atoms with E-state index in [2.05, 4.69) is 38.9 Å². The molecule has 0 saturated carbocycles. The van der Waals surface area contributed by atoms with Crippen LogP contribution in [-0.2, 0) is 0 Å². The highest BCUT2D eigenvalue weighted by atomic mass is 79.9. The maximum Gasteiger partial charge on any atom is 0.115 e. The van der Waals surface area contributed by atoms with Crippen molar-refractivity contribution in [2.75, 3.05) is 5.33 Å². The summed E-state index contributed by atoms with van der Waals surface area (Å²) in [6, 6.07) is 1.90. The molecule has 2 nitrogen and oxygen atoms in total. The van der Waals surface area contributed by atoms with Crippen LogP contribution in [0.2, 0.25) is 0 Å². The highest BCUT2D eigenvalue weighted by molar-refractivity contribution is 9.09. The fourth-order valence-corrected chi connectivity index (χ4v) is 1.39. The van der Waals surface area contributed by atoms with Gasteiger partial charge in [0.2, 0.25) is 0 Å². The van der Waals surface area contributed by atoms with Crippen molar-refractivity contribution in [3.63, 3.8) is 0 Å². The van der Waals surface area contributed by atoms with E-state index < -0.39 is 0 Å². The van der Waals surface area contributed by atoms with Crippen molar-refractivity contribution in [3.8, 4) is 0 Å². The number of alkyl halides is 1. The summed E-state index contributed by atoms with van der Waals surface area (Å²) in [7, 11) is 0. The first-order valence-electron chi connectivity index (χ1n) is 3.88. The Morgan fingerprint density at radius 3 is 3.00 bits per heavy atom. The topological polar surface area (TPSA) is 25.8 Å². The van der Waals surface area contributed by atoms with E-state index in [1.807, 2.05) is 6.07 Å². The summed E-state index contributed by atoms with van der Waals surface area (Å²) < 4.78 is 0. The lowest BCUT2D eigenvalue weighted by Gasteiger charge is -1.97. The number of nitrogens with zero attached hydrogens (tertiary/aromatic N) is 2. The highest BCUT2D eigenvalue weighted by Crippen LogP contribution is 2.08. The Hall–Kier alpha value is -0.700. The number of aromatic nitrogens is 2. The molecule has 0 amide bonds. The van der Waals surface area contributed by atoms with E-state index >= 15 is 0 Å². The Labute approximate surface area is 80.9 Å². The Kier molecular flexibility index (Phi) is 3.94. The van der Waals surface area contributed by atoms with Crippen molar-refractivity contribution in [3.05, 3.63) is 29.9 Å². The quantitative estimate of drug-likeness (QED) is 0.742. The number of hydrogen-bond donors (Lipinski definition) is 0. The van der Waals surface area contributed by atoms with Crippen LogP contribution in [0.15, 0.2) is 24.2 Å². The van der Waals surface area contributed by atoms with Crippen molar-refractivity contribution in [2.45, 2.75) is 13.3 Å². The lowest BCUT2D eigenvalue weighted by Crippen LogP contribution is -1.85. The van der Waals surface area contributed by atoms with E-state index in [9.17, 15) is 0 Å². The Balaban J connectivity index is 2.79. The van der Waals surface area contributed by atoms with Crippen molar-refractivity contribution in [2.24, 2.45) is 0 Å². The molecule has 0 unspecified atom stereocenters. The average Bonchev–Trinajstić information content (AvgIpc) is 2.16. The fourth-order valence-electron chi connectivity index (χ4n) is 0.831. The molecule has 0 fully saturated rings. The second kappa shape index (κ2) is 5.04. The van der Waals surface area contributed by atoms with Crippen molar-refractivity contribution >= 4 is 22.0 Å². The summed E-state index contributed by atoms with van der Waals surface area (Å²) in [5, 5.41) is 0.910. The van der Waals surface area contributed by atoms with E-state index in [4.69, 9.17) is 0 Å². The van der Waals surface area contributed by atoms with E-state index in [1.54, 1.807) is 12.5 Å². The van der Waals surface area contributed by atoms with Gasteiger partial charge in [0.1, 0.15) is 6.33 Å². The van der Waals surface area contributed by atoms with Crippen molar-refractivity contribution in [1.29, 1.82) is 0 Å². The molecule has 3 heteroatoms. The van der Waals surface area contributed by atoms with Gasteiger partial charge in [-0.15, -0.1) is 0 Å². The molecule has 0 aromatic carbocycles. The van der Waals surface area contributed by atoms with Gasteiger partial charge in [0.05, 0.1) is 5.69 Å². The van der Waals surface area contributed by atoms with Gasteiger partial charge < -0.3 is 0 Å². The molecule has 0 atom stereocenters. The molecular formula is C9H11BrN2. The van der Waals surface area contributed by atoms with Crippen molar-refractivity contribution in [1.82, 2.24) is 9.97 Å². The van der Waals surface area contributed by atoms with Crippen LogP contribution >= 0.6 is 15.9 Å². The fraction of sp³-hybridized carbons (Fsp3) is 0.333. The van der Waals surface area contributed by atoms with Gasteiger partial charge in [-0.05, 0) is 18.6 Å². The van der Waals surface area contributed by atoms with Crippen molar-refractivity contribution < 1.29 is 0 Å². The van der Waals surface area contributed by atoms with Crippen LogP contribution in [0.1, 0.15) is 19.0 Å². The molecule has 0 aliphatic rings. The molecule has 0 N–H and O–H groups in total. The maximum atomic E-state index is 4.11. The summed E-state index contributed by atoms with van der Waals surface area (Å²) in [6.45, 7) is 2.13. The third-order valence-corrected chi connectivity index (χ3v) is 2.30. The first-order chi connectivity index (χ1) is 5.86. The third kappa shape index (κ3) is 2.74. The normalized spacial score (nSPS) is 11.7. The predicted octanol–water partition coefficient (Wildman–Crippen LogP) is 2.66. The smallest absolute Gasteiger partial charge is 0.115 e. The number of allylic oxidation sites excluding steroid dienone is 1.